The van der Waals surface area contributed by atoms with Gasteiger partial charge in [-0.05, 0) is 42.8 Å². The van der Waals surface area contributed by atoms with E-state index in [1.54, 1.807) is 18.2 Å². The molecule has 0 bridgehead atoms. The Kier molecular flexibility index (Phi) is 6.74. The lowest BCUT2D eigenvalue weighted by Gasteiger charge is -2.22. The molecule has 0 radical (unpaired) electrons. The Bertz CT molecular complexity index is 956. The molecule has 0 saturated carbocycles. The Labute approximate surface area is 165 Å². The predicted octanol–water partition coefficient (Wildman–Crippen LogP) is 2.82. The molecule has 2 aromatic carbocycles. The number of esters is 1. The maximum Gasteiger partial charge on any atom is 0.336 e. The number of carboxylic acids is 1. The second kappa shape index (κ2) is 8.64. The van der Waals surface area contributed by atoms with Gasteiger partial charge in [-0.1, -0.05) is 33.6 Å². The van der Waals surface area contributed by atoms with Crippen LogP contribution in [0.1, 0.15) is 21.5 Å². The van der Waals surface area contributed by atoms with E-state index in [0.717, 1.165) is 17.0 Å². The van der Waals surface area contributed by atoms with E-state index in [1.165, 1.54) is 24.3 Å². The highest BCUT2D eigenvalue weighted by Gasteiger charge is 2.28. The number of benzene rings is 2. The maximum absolute atomic E-state index is 13.0. The van der Waals surface area contributed by atoms with Crippen molar-refractivity contribution >= 4 is 37.9 Å². The molecule has 27 heavy (non-hydrogen) atoms. The average molecular weight is 456 g/mol. The number of aryl methyl sites for hydroxylation is 1. The minimum atomic E-state index is -4.05. The van der Waals surface area contributed by atoms with Crippen LogP contribution < -0.4 is 0 Å². The summed E-state index contributed by atoms with van der Waals surface area (Å²) in [6.07, 6.45) is 0. The molecular weight excluding hydrogens is 438 g/mol. The van der Waals surface area contributed by atoms with Crippen molar-refractivity contribution < 1.29 is 27.9 Å². The van der Waals surface area contributed by atoms with Crippen molar-refractivity contribution in [1.82, 2.24) is 4.31 Å². The number of hydrogen-bond donors (Lipinski definition) is 1. The molecule has 9 heteroatoms. The number of carbonyl (C=O) groups excluding carboxylic acids is 1. The van der Waals surface area contributed by atoms with E-state index in [4.69, 9.17) is 0 Å². The topological polar surface area (TPSA) is 101 Å². The summed E-state index contributed by atoms with van der Waals surface area (Å²) in [4.78, 5) is 23.3. The van der Waals surface area contributed by atoms with Crippen molar-refractivity contribution in [3.05, 3.63) is 63.6 Å². The first-order valence-electron chi connectivity index (χ1n) is 7.80. The highest BCUT2D eigenvalue weighted by molar-refractivity contribution is 9.10. The van der Waals surface area contributed by atoms with Gasteiger partial charge in [-0.25, -0.2) is 13.2 Å². The molecule has 0 amide bonds. The number of methoxy groups -OCH3 is 1. The number of nitrogens with zero attached hydrogens (tertiary/aromatic N) is 1. The van der Waals surface area contributed by atoms with Gasteiger partial charge in [-0.15, -0.1) is 0 Å². The minimum Gasteiger partial charge on any atom is -0.478 e. The monoisotopic (exact) mass is 455 g/mol. The summed E-state index contributed by atoms with van der Waals surface area (Å²) in [5.74, 6) is -1.94. The second-order valence-corrected chi connectivity index (χ2v) is 8.62. The van der Waals surface area contributed by atoms with E-state index < -0.39 is 28.5 Å². The fourth-order valence-electron chi connectivity index (χ4n) is 2.39. The normalized spacial score (nSPS) is 11.4. The van der Waals surface area contributed by atoms with Gasteiger partial charge in [-0.3, -0.25) is 4.79 Å². The van der Waals surface area contributed by atoms with Crippen molar-refractivity contribution in [3.8, 4) is 0 Å². The van der Waals surface area contributed by atoms with Gasteiger partial charge in [0.1, 0.15) is 6.54 Å². The molecule has 0 heterocycles. The highest BCUT2D eigenvalue weighted by atomic mass is 79.9. The molecule has 1 N–H and O–H groups in total. The third-order valence-electron chi connectivity index (χ3n) is 3.84. The summed E-state index contributed by atoms with van der Waals surface area (Å²) < 4.78 is 32.1. The molecule has 0 aliphatic rings. The van der Waals surface area contributed by atoms with Crippen molar-refractivity contribution in [2.45, 2.75) is 18.4 Å². The smallest absolute Gasteiger partial charge is 0.336 e. The van der Waals surface area contributed by atoms with Crippen LogP contribution in [0, 0.1) is 6.92 Å². The van der Waals surface area contributed by atoms with E-state index in [0.29, 0.717) is 4.47 Å². The van der Waals surface area contributed by atoms with Gasteiger partial charge in [-0.2, -0.15) is 4.31 Å². The first-order valence-corrected chi connectivity index (χ1v) is 10.0. The Balaban J connectivity index is 2.50. The number of carbonyl (C=O) groups is 2. The first kappa shape index (κ1) is 21.1. The number of rotatable bonds is 7. The van der Waals surface area contributed by atoms with E-state index in [-0.39, 0.29) is 22.6 Å². The zero-order valence-corrected chi connectivity index (χ0v) is 17.1. The summed E-state index contributed by atoms with van der Waals surface area (Å²) in [6, 6.07) is 10.6. The average Bonchev–Trinajstić information content (AvgIpc) is 2.61. The van der Waals surface area contributed by atoms with Gasteiger partial charge >= 0.3 is 11.9 Å². The quantitative estimate of drug-likeness (QED) is 0.644. The number of halogens is 1. The summed E-state index contributed by atoms with van der Waals surface area (Å²) in [5.41, 5.74) is 1.08. The molecule has 0 aliphatic carbocycles. The number of carboxylic acid groups (broad SMARTS) is 1. The van der Waals surface area contributed by atoms with Crippen molar-refractivity contribution in [1.29, 1.82) is 0 Å². The molecule has 2 rings (SSSR count). The summed E-state index contributed by atoms with van der Waals surface area (Å²) in [6.45, 7) is 0.980. The molecule has 7 nitrogen and oxygen atoms in total. The van der Waals surface area contributed by atoms with Gasteiger partial charge in [0.05, 0.1) is 17.6 Å². The molecule has 144 valence electrons. The third kappa shape index (κ3) is 5.15. The number of ether oxygens (including phenoxy) is 1. The van der Waals surface area contributed by atoms with Crippen LogP contribution in [0.25, 0.3) is 0 Å². The number of aromatic carboxylic acids is 1. The van der Waals surface area contributed by atoms with Gasteiger partial charge in [0.2, 0.25) is 10.0 Å². The summed E-state index contributed by atoms with van der Waals surface area (Å²) in [5, 5.41) is 9.37. The van der Waals surface area contributed by atoms with Gasteiger partial charge in [0.15, 0.2) is 0 Å². The molecule has 0 aliphatic heterocycles. The maximum atomic E-state index is 13.0. The SMILES string of the molecule is COC(=O)CN(Cc1cc(Br)ccc1C(=O)O)S(=O)(=O)c1ccc(C)cc1. The third-order valence-corrected chi connectivity index (χ3v) is 6.14. The standard InChI is InChI=1S/C18H18BrNO6S/c1-12-3-6-15(7-4-12)27(24,25)20(11-17(21)26-2)10-13-9-14(19)5-8-16(13)18(22)23/h3-9H,10-11H2,1-2H3,(H,22,23). The van der Waals surface area contributed by atoms with Crippen LogP contribution in [0.5, 0.6) is 0 Å². The Morgan fingerprint density at radius 2 is 1.78 bits per heavy atom. The molecule has 0 spiro atoms. The number of sulfonamides is 1. The molecule has 0 unspecified atom stereocenters. The van der Waals surface area contributed by atoms with Crippen molar-refractivity contribution in [3.63, 3.8) is 0 Å². The van der Waals surface area contributed by atoms with Crippen LogP contribution in [-0.2, 0) is 26.1 Å². The molecule has 0 aromatic heterocycles. The summed E-state index contributed by atoms with van der Waals surface area (Å²) >= 11 is 3.25. The predicted molar refractivity (Wildman–Crippen MR) is 102 cm³/mol. The van der Waals surface area contributed by atoms with Crippen LogP contribution in [0.3, 0.4) is 0 Å². The number of hydrogen-bond acceptors (Lipinski definition) is 5. The largest absolute Gasteiger partial charge is 0.478 e. The van der Waals surface area contributed by atoms with E-state index >= 15 is 0 Å². The Hall–Kier alpha value is -2.23. The lowest BCUT2D eigenvalue weighted by Crippen LogP contribution is -2.36. The molecule has 0 saturated heterocycles. The zero-order valence-electron chi connectivity index (χ0n) is 14.7. The Morgan fingerprint density at radius 1 is 1.15 bits per heavy atom. The van der Waals surface area contributed by atoms with Crippen LogP contribution in [0.15, 0.2) is 51.8 Å². The second-order valence-electron chi connectivity index (χ2n) is 5.77. The van der Waals surface area contributed by atoms with Crippen LogP contribution in [0.4, 0.5) is 0 Å². The lowest BCUT2D eigenvalue weighted by molar-refractivity contribution is -0.140. The van der Waals surface area contributed by atoms with Gasteiger partial charge in [0.25, 0.3) is 0 Å². The molecule has 0 atom stereocenters. The first-order chi connectivity index (χ1) is 12.6. The van der Waals surface area contributed by atoms with Crippen molar-refractivity contribution in [2.75, 3.05) is 13.7 Å². The van der Waals surface area contributed by atoms with Crippen LogP contribution in [0.2, 0.25) is 0 Å². The van der Waals surface area contributed by atoms with E-state index in [2.05, 4.69) is 20.7 Å². The zero-order chi connectivity index (χ0) is 20.2. The van der Waals surface area contributed by atoms with E-state index in [9.17, 15) is 23.1 Å². The van der Waals surface area contributed by atoms with E-state index in [1.807, 2.05) is 6.92 Å². The molecular formula is C18H18BrNO6S. The molecule has 0 fully saturated rings. The Morgan fingerprint density at radius 3 is 2.33 bits per heavy atom. The fourth-order valence-corrected chi connectivity index (χ4v) is 4.16. The molecule has 2 aromatic rings. The minimum absolute atomic E-state index is 0.00359. The van der Waals surface area contributed by atoms with Gasteiger partial charge in [0, 0.05) is 11.0 Å². The van der Waals surface area contributed by atoms with Crippen LogP contribution in [-0.4, -0.2) is 43.4 Å². The highest BCUT2D eigenvalue weighted by Crippen LogP contribution is 2.23. The fraction of sp³-hybridized carbons (Fsp3) is 0.222. The lowest BCUT2D eigenvalue weighted by atomic mass is 10.1. The van der Waals surface area contributed by atoms with Crippen molar-refractivity contribution in [2.24, 2.45) is 0 Å². The van der Waals surface area contributed by atoms with Crippen LogP contribution >= 0.6 is 15.9 Å². The van der Waals surface area contributed by atoms with Gasteiger partial charge < -0.3 is 9.84 Å². The summed E-state index contributed by atoms with van der Waals surface area (Å²) in [7, 11) is -2.90.